The first-order valence-corrected chi connectivity index (χ1v) is 12.0. The summed E-state index contributed by atoms with van der Waals surface area (Å²) in [6, 6.07) is 11.0. The van der Waals surface area contributed by atoms with Gasteiger partial charge in [0.05, 0.1) is 24.4 Å². The van der Waals surface area contributed by atoms with Crippen molar-refractivity contribution in [2.75, 3.05) is 6.61 Å². The van der Waals surface area contributed by atoms with E-state index in [0.717, 1.165) is 0 Å². The first-order valence-electron chi connectivity index (χ1n) is 12.0. The molecule has 0 bridgehead atoms. The second kappa shape index (κ2) is 14.0. The third kappa shape index (κ3) is 9.07. The zero-order valence-corrected chi connectivity index (χ0v) is 21.9. The van der Waals surface area contributed by atoms with Crippen LogP contribution in [0.5, 0.6) is 11.5 Å². The maximum Gasteiger partial charge on any atom is 0.514 e. The first kappa shape index (κ1) is 30.1. The summed E-state index contributed by atoms with van der Waals surface area (Å²) in [5.74, 6) is -3.72. The first-order chi connectivity index (χ1) is 17.9. The predicted octanol–water partition coefficient (Wildman–Crippen LogP) is 4.52. The minimum Gasteiger partial charge on any atom is -0.480 e. The van der Waals surface area contributed by atoms with Crippen LogP contribution in [0.15, 0.2) is 48.5 Å². The summed E-state index contributed by atoms with van der Waals surface area (Å²) in [5, 5.41) is 9.67. The quantitative estimate of drug-likeness (QED) is 0.238. The molecular weight excluding hydrogens is 498 g/mol. The number of carboxylic acid groups (broad SMARTS) is 1. The normalized spacial score (nSPS) is 13.3. The van der Waals surface area contributed by atoms with Crippen molar-refractivity contribution < 1.29 is 48.0 Å². The average molecular weight is 532 g/mol. The fourth-order valence-electron chi connectivity index (χ4n) is 3.52. The molecule has 0 aliphatic carbocycles. The number of ether oxygens (including phenoxy) is 5. The number of nitrogens with two attached hydrogens (primary N) is 1. The Kier molecular flexibility index (Phi) is 11.1. The lowest BCUT2D eigenvalue weighted by Crippen LogP contribution is -2.40. The molecule has 0 amide bonds. The van der Waals surface area contributed by atoms with E-state index >= 15 is 0 Å². The Morgan fingerprint density at radius 3 is 1.89 bits per heavy atom. The molecule has 2 aromatic rings. The smallest absolute Gasteiger partial charge is 0.480 e. The lowest BCUT2D eigenvalue weighted by Gasteiger charge is -2.28. The lowest BCUT2D eigenvalue weighted by molar-refractivity contribution is -0.139. The number of carbonyl (C=O) groups is 4. The summed E-state index contributed by atoms with van der Waals surface area (Å²) >= 11 is 0. The number of esters is 1. The third-order valence-corrected chi connectivity index (χ3v) is 5.18. The second-order valence-electron chi connectivity index (χ2n) is 9.08. The Balaban J connectivity index is 2.38. The fraction of sp³-hybridized carbons (Fsp3) is 0.407. The molecule has 11 heteroatoms. The van der Waals surface area contributed by atoms with Gasteiger partial charge in [-0.1, -0.05) is 31.2 Å². The van der Waals surface area contributed by atoms with Crippen LogP contribution in [0.1, 0.15) is 56.5 Å². The number of carbonyl (C=O) groups excluding carboxylic acids is 3. The van der Waals surface area contributed by atoms with Gasteiger partial charge in [0.1, 0.15) is 6.04 Å². The minimum absolute atomic E-state index is 0.149. The zero-order chi connectivity index (χ0) is 28.4. The van der Waals surface area contributed by atoms with Crippen molar-refractivity contribution in [2.45, 2.75) is 58.8 Å². The molecule has 0 aliphatic heterocycles. The summed E-state index contributed by atoms with van der Waals surface area (Å²) in [6.45, 7) is 8.02. The third-order valence-electron chi connectivity index (χ3n) is 5.18. The molecule has 0 saturated heterocycles. The number of hydrogen-bond acceptors (Lipinski definition) is 10. The van der Waals surface area contributed by atoms with Crippen molar-refractivity contribution in [3.05, 3.63) is 59.7 Å². The van der Waals surface area contributed by atoms with E-state index in [1.807, 2.05) is 0 Å². The van der Waals surface area contributed by atoms with Gasteiger partial charge in [0.15, 0.2) is 11.5 Å². The lowest BCUT2D eigenvalue weighted by atomic mass is 9.82. The predicted molar refractivity (Wildman–Crippen MR) is 135 cm³/mol. The zero-order valence-electron chi connectivity index (χ0n) is 21.9. The van der Waals surface area contributed by atoms with Gasteiger partial charge in [-0.15, -0.1) is 0 Å². The molecule has 0 radical (unpaired) electrons. The molecule has 0 spiro atoms. The molecule has 0 aliphatic rings. The van der Waals surface area contributed by atoms with E-state index in [1.54, 1.807) is 65.0 Å². The van der Waals surface area contributed by atoms with Crippen LogP contribution in [0, 0.1) is 5.92 Å². The molecule has 0 saturated carbocycles. The van der Waals surface area contributed by atoms with Gasteiger partial charge in [0.25, 0.3) is 0 Å². The highest BCUT2D eigenvalue weighted by Gasteiger charge is 2.33. The van der Waals surface area contributed by atoms with E-state index in [4.69, 9.17) is 29.4 Å². The fourth-order valence-corrected chi connectivity index (χ4v) is 3.52. The van der Waals surface area contributed by atoms with Crippen LogP contribution in [-0.4, -0.2) is 54.2 Å². The molecule has 2 unspecified atom stereocenters. The Morgan fingerprint density at radius 1 is 0.816 bits per heavy atom. The molecule has 206 valence electrons. The van der Waals surface area contributed by atoms with Crippen LogP contribution in [0.25, 0.3) is 0 Å². The molecule has 2 rings (SSSR count). The van der Waals surface area contributed by atoms with Gasteiger partial charge in [-0.2, -0.15) is 0 Å². The Hall–Kier alpha value is -4.12. The molecule has 0 fully saturated rings. The van der Waals surface area contributed by atoms with Gasteiger partial charge >= 0.3 is 24.2 Å². The van der Waals surface area contributed by atoms with E-state index < -0.39 is 54.3 Å². The highest BCUT2D eigenvalue weighted by molar-refractivity contribution is 5.89. The van der Waals surface area contributed by atoms with Crippen LogP contribution in [-0.2, 0) is 19.0 Å². The van der Waals surface area contributed by atoms with Crippen molar-refractivity contribution in [3.8, 4) is 11.5 Å². The molecule has 0 aromatic heterocycles. The van der Waals surface area contributed by atoms with E-state index in [0.29, 0.717) is 11.1 Å². The summed E-state index contributed by atoms with van der Waals surface area (Å²) in [5.41, 5.74) is 6.70. The van der Waals surface area contributed by atoms with Crippen molar-refractivity contribution in [3.63, 3.8) is 0 Å². The highest BCUT2D eigenvalue weighted by Crippen LogP contribution is 2.36. The molecule has 38 heavy (non-hydrogen) atoms. The van der Waals surface area contributed by atoms with Crippen molar-refractivity contribution in [2.24, 2.45) is 11.7 Å². The van der Waals surface area contributed by atoms with Gasteiger partial charge in [-0.3, -0.25) is 4.79 Å². The molecule has 3 atom stereocenters. The van der Waals surface area contributed by atoms with Crippen molar-refractivity contribution in [1.29, 1.82) is 0 Å². The average Bonchev–Trinajstić information content (AvgIpc) is 2.83. The molecule has 2 aromatic carbocycles. The van der Waals surface area contributed by atoms with E-state index in [2.05, 4.69) is 0 Å². The van der Waals surface area contributed by atoms with Crippen LogP contribution >= 0.6 is 0 Å². The van der Waals surface area contributed by atoms with Crippen molar-refractivity contribution >= 4 is 24.2 Å². The number of hydrogen-bond donors (Lipinski definition) is 2. The van der Waals surface area contributed by atoms with Crippen LogP contribution in [0.2, 0.25) is 0 Å². The van der Waals surface area contributed by atoms with E-state index in [9.17, 15) is 24.3 Å². The van der Waals surface area contributed by atoms with Crippen LogP contribution in [0.4, 0.5) is 9.59 Å². The van der Waals surface area contributed by atoms with E-state index in [-0.39, 0.29) is 18.1 Å². The summed E-state index contributed by atoms with van der Waals surface area (Å²) in [4.78, 5) is 48.5. The Bertz CT molecular complexity index is 1120. The SMILES string of the molecule is CC(C)OC(=O)Oc1ccc(C(C(C)COC(=O)c2ccccc2)[C@H](N)C(=O)O)cc1OC(=O)OC(C)C. The monoisotopic (exact) mass is 531 g/mol. The molecule has 11 nitrogen and oxygen atoms in total. The van der Waals surface area contributed by atoms with Crippen LogP contribution < -0.4 is 15.2 Å². The van der Waals surface area contributed by atoms with Gasteiger partial charge in [-0.05, 0) is 63.4 Å². The van der Waals surface area contributed by atoms with Crippen molar-refractivity contribution in [1.82, 2.24) is 0 Å². The molecule has 0 heterocycles. The summed E-state index contributed by atoms with van der Waals surface area (Å²) in [7, 11) is 0. The van der Waals surface area contributed by atoms with Gasteiger partial charge < -0.3 is 34.5 Å². The van der Waals surface area contributed by atoms with Gasteiger partial charge in [0, 0.05) is 5.92 Å². The largest absolute Gasteiger partial charge is 0.514 e. The number of aliphatic carboxylic acids is 1. The maximum atomic E-state index is 12.4. The highest BCUT2D eigenvalue weighted by atomic mass is 16.7. The number of benzene rings is 2. The topological polar surface area (TPSA) is 161 Å². The van der Waals surface area contributed by atoms with Gasteiger partial charge in [0.2, 0.25) is 0 Å². The molecular formula is C27H33NO10. The maximum absolute atomic E-state index is 12.4. The second-order valence-corrected chi connectivity index (χ2v) is 9.08. The minimum atomic E-state index is -1.41. The number of rotatable bonds is 11. The van der Waals surface area contributed by atoms with E-state index in [1.165, 1.54) is 18.2 Å². The Morgan fingerprint density at radius 2 is 1.37 bits per heavy atom. The molecule has 3 N–H and O–H groups in total. The summed E-state index contributed by atoms with van der Waals surface area (Å²) in [6.07, 6.45) is -3.05. The van der Waals surface area contributed by atoms with Crippen LogP contribution in [0.3, 0.4) is 0 Å². The number of carboxylic acids is 1. The van der Waals surface area contributed by atoms with Gasteiger partial charge in [-0.25, -0.2) is 14.4 Å². The standard InChI is InChI=1S/C27H33NO10/c1-15(2)35-26(32)37-20-12-11-19(13-21(20)38-27(33)36-16(3)4)22(23(28)24(29)30)17(5)14-34-25(31)18-9-7-6-8-10-18/h6-13,15-17,22-23H,14,28H2,1-5H3,(H,29,30)/t17?,22?,23-/m0/s1. The summed E-state index contributed by atoms with van der Waals surface area (Å²) < 4.78 is 25.8. The Labute approximate surface area is 220 Å².